The van der Waals surface area contributed by atoms with Crippen LogP contribution in [0.1, 0.15) is 57.8 Å². The number of anilines is 1. The highest BCUT2D eigenvalue weighted by atomic mass is 79.9. The molecule has 4 aliphatic rings. The van der Waals surface area contributed by atoms with Gasteiger partial charge in [0.05, 0.1) is 11.6 Å². The first-order valence-electron chi connectivity index (χ1n) is 10.4. The molecule has 0 amide bonds. The Morgan fingerprint density at radius 3 is 2.45 bits per heavy atom. The third kappa shape index (κ3) is 2.51. The van der Waals surface area contributed by atoms with E-state index in [2.05, 4.69) is 69.4 Å². The summed E-state index contributed by atoms with van der Waals surface area (Å²) in [4.78, 5) is 14.5. The molecule has 0 radical (unpaired) electrons. The van der Waals surface area contributed by atoms with Crippen molar-refractivity contribution >= 4 is 27.6 Å². The van der Waals surface area contributed by atoms with Crippen molar-refractivity contribution in [1.82, 2.24) is 0 Å². The first-order valence-corrected chi connectivity index (χ1v) is 11.2. The maximum absolute atomic E-state index is 11.9. The number of carbonyl (C=O) groups is 1. The lowest BCUT2D eigenvalue weighted by Crippen LogP contribution is -2.46. The smallest absolute Gasteiger partial charge is 0.335 e. The standard InChI is InChI=1S/C25H22BrNO2/c26-17-9-7-14(8-10-17)23-20-6-2-5-19(20)22-12-16(25(28)29)11-21-18-4-1-3-15(18)13-27(23)24(21)22/h1-2,4-5,7-12,15,18-20,23H,3,6,13H2,(H,28,29). The summed E-state index contributed by atoms with van der Waals surface area (Å²) in [6.45, 7) is 1.04. The Kier molecular flexibility index (Phi) is 3.83. The Bertz CT molecular complexity index is 1050. The van der Waals surface area contributed by atoms with Crippen LogP contribution in [0.3, 0.4) is 0 Å². The van der Waals surface area contributed by atoms with Crippen LogP contribution in [0.4, 0.5) is 5.69 Å². The van der Waals surface area contributed by atoms with E-state index >= 15 is 0 Å². The van der Waals surface area contributed by atoms with Crippen molar-refractivity contribution in [3.05, 3.63) is 87.4 Å². The summed E-state index contributed by atoms with van der Waals surface area (Å²) in [7, 11) is 0. The van der Waals surface area contributed by atoms with E-state index in [1.807, 2.05) is 12.1 Å². The van der Waals surface area contributed by atoms with Crippen LogP contribution in [-0.2, 0) is 0 Å². The summed E-state index contributed by atoms with van der Waals surface area (Å²) in [6.07, 6.45) is 11.3. The van der Waals surface area contributed by atoms with Crippen LogP contribution in [-0.4, -0.2) is 17.6 Å². The fraction of sp³-hybridized carbons (Fsp3) is 0.320. The molecule has 0 saturated carbocycles. The van der Waals surface area contributed by atoms with E-state index in [0.717, 1.165) is 23.9 Å². The summed E-state index contributed by atoms with van der Waals surface area (Å²) in [5.74, 6) is 0.782. The van der Waals surface area contributed by atoms with Crippen LogP contribution in [0, 0.1) is 11.8 Å². The fourth-order valence-electron chi connectivity index (χ4n) is 6.14. The van der Waals surface area contributed by atoms with Gasteiger partial charge in [0.1, 0.15) is 0 Å². The van der Waals surface area contributed by atoms with Crippen molar-refractivity contribution in [2.24, 2.45) is 11.8 Å². The zero-order valence-corrected chi connectivity index (χ0v) is 17.5. The number of fused-ring (bicyclic) bond motifs is 4. The van der Waals surface area contributed by atoms with E-state index < -0.39 is 5.97 Å². The van der Waals surface area contributed by atoms with E-state index in [1.54, 1.807) is 0 Å². The average Bonchev–Trinajstić information content (AvgIpc) is 3.38. The van der Waals surface area contributed by atoms with Crippen molar-refractivity contribution in [2.45, 2.75) is 30.7 Å². The Morgan fingerprint density at radius 1 is 1.00 bits per heavy atom. The van der Waals surface area contributed by atoms with Crippen LogP contribution in [0.2, 0.25) is 0 Å². The van der Waals surface area contributed by atoms with Crippen LogP contribution < -0.4 is 4.90 Å². The van der Waals surface area contributed by atoms with E-state index in [0.29, 0.717) is 29.4 Å². The summed E-state index contributed by atoms with van der Waals surface area (Å²) in [5, 5.41) is 9.77. The molecule has 4 heteroatoms. The van der Waals surface area contributed by atoms with E-state index in [4.69, 9.17) is 0 Å². The molecule has 5 atom stereocenters. The van der Waals surface area contributed by atoms with Gasteiger partial charge in [-0.25, -0.2) is 4.79 Å². The van der Waals surface area contributed by atoms with Gasteiger partial charge < -0.3 is 10.0 Å². The second-order valence-corrected chi connectivity index (χ2v) is 9.68. The first kappa shape index (κ1) is 17.5. The maximum atomic E-state index is 11.9. The summed E-state index contributed by atoms with van der Waals surface area (Å²) >= 11 is 3.58. The highest BCUT2D eigenvalue weighted by Gasteiger charge is 2.48. The fourth-order valence-corrected chi connectivity index (χ4v) is 6.40. The number of halogens is 1. The van der Waals surface area contributed by atoms with Gasteiger partial charge >= 0.3 is 5.97 Å². The highest BCUT2D eigenvalue weighted by molar-refractivity contribution is 9.10. The van der Waals surface area contributed by atoms with Crippen molar-refractivity contribution in [3.8, 4) is 0 Å². The highest BCUT2D eigenvalue weighted by Crippen LogP contribution is 2.58. The van der Waals surface area contributed by atoms with E-state index in [1.165, 1.54) is 22.4 Å². The normalized spacial score (nSPS) is 30.8. The minimum absolute atomic E-state index is 0.287. The third-order valence-corrected chi connectivity index (χ3v) is 7.84. The summed E-state index contributed by atoms with van der Waals surface area (Å²) in [6, 6.07) is 13.0. The van der Waals surface area contributed by atoms with Gasteiger partial charge in [0.15, 0.2) is 0 Å². The van der Waals surface area contributed by atoms with Gasteiger partial charge in [0.25, 0.3) is 0 Å². The third-order valence-electron chi connectivity index (χ3n) is 7.31. The number of allylic oxidation sites excluding steroid dienone is 4. The molecule has 0 bridgehead atoms. The zero-order valence-electron chi connectivity index (χ0n) is 16.0. The predicted molar refractivity (Wildman–Crippen MR) is 118 cm³/mol. The maximum Gasteiger partial charge on any atom is 0.335 e. The number of aromatic carboxylic acids is 1. The van der Waals surface area contributed by atoms with Gasteiger partial charge in [-0.3, -0.25) is 0 Å². The molecule has 0 aromatic heterocycles. The van der Waals surface area contributed by atoms with Crippen molar-refractivity contribution in [3.63, 3.8) is 0 Å². The summed E-state index contributed by atoms with van der Waals surface area (Å²) in [5.41, 5.74) is 5.51. The molecule has 0 saturated heterocycles. The Morgan fingerprint density at radius 2 is 1.69 bits per heavy atom. The lowest BCUT2D eigenvalue weighted by molar-refractivity contribution is 0.0696. The molecular weight excluding hydrogens is 426 g/mol. The predicted octanol–water partition coefficient (Wildman–Crippen LogP) is 6.04. The first-order chi connectivity index (χ1) is 14.1. The lowest BCUT2D eigenvalue weighted by Gasteiger charge is -2.51. The molecule has 2 aliphatic heterocycles. The largest absolute Gasteiger partial charge is 0.478 e. The molecule has 2 aromatic rings. The molecule has 5 unspecified atom stereocenters. The van der Waals surface area contributed by atoms with Crippen LogP contribution in [0.15, 0.2) is 65.2 Å². The minimum Gasteiger partial charge on any atom is -0.478 e. The van der Waals surface area contributed by atoms with Gasteiger partial charge in [0, 0.05) is 28.5 Å². The van der Waals surface area contributed by atoms with Gasteiger partial charge in [-0.05, 0) is 65.6 Å². The van der Waals surface area contributed by atoms with Crippen molar-refractivity contribution < 1.29 is 9.90 Å². The molecule has 29 heavy (non-hydrogen) atoms. The summed E-state index contributed by atoms with van der Waals surface area (Å²) < 4.78 is 1.10. The number of nitrogens with zero attached hydrogens (tertiary/aromatic N) is 1. The SMILES string of the molecule is O=C(O)c1cc2c3c(c1)C1C=CCC1C(c1ccc(Br)cc1)N3CC1CC=CC21. The number of benzene rings is 2. The molecule has 0 fully saturated rings. The van der Waals surface area contributed by atoms with Gasteiger partial charge in [-0.2, -0.15) is 0 Å². The van der Waals surface area contributed by atoms with Gasteiger partial charge in [-0.15, -0.1) is 0 Å². The Balaban J connectivity index is 1.59. The lowest BCUT2D eigenvalue weighted by atomic mass is 9.70. The van der Waals surface area contributed by atoms with Crippen LogP contribution in [0.25, 0.3) is 0 Å². The molecule has 0 spiro atoms. The molecule has 2 aliphatic carbocycles. The van der Waals surface area contributed by atoms with Gasteiger partial charge in [-0.1, -0.05) is 52.4 Å². The molecular formula is C25H22BrNO2. The number of rotatable bonds is 2. The topological polar surface area (TPSA) is 40.5 Å². The van der Waals surface area contributed by atoms with Crippen LogP contribution in [0.5, 0.6) is 0 Å². The van der Waals surface area contributed by atoms with Gasteiger partial charge in [0.2, 0.25) is 0 Å². The number of hydrogen-bond acceptors (Lipinski definition) is 2. The molecule has 3 nitrogen and oxygen atoms in total. The van der Waals surface area contributed by atoms with Crippen molar-refractivity contribution in [2.75, 3.05) is 11.4 Å². The molecule has 1 N–H and O–H groups in total. The molecule has 6 rings (SSSR count). The van der Waals surface area contributed by atoms with Crippen molar-refractivity contribution in [1.29, 1.82) is 0 Å². The molecule has 2 aromatic carbocycles. The second-order valence-electron chi connectivity index (χ2n) is 8.76. The molecule has 146 valence electrons. The molecule has 2 heterocycles. The Labute approximate surface area is 178 Å². The van der Waals surface area contributed by atoms with Crippen LogP contribution >= 0.6 is 15.9 Å². The number of hydrogen-bond donors (Lipinski definition) is 1. The zero-order chi connectivity index (χ0) is 19.7. The number of carboxylic acid groups (broad SMARTS) is 1. The average molecular weight is 448 g/mol. The quantitative estimate of drug-likeness (QED) is 0.570. The second kappa shape index (κ2) is 6.33. The van der Waals surface area contributed by atoms with E-state index in [9.17, 15) is 9.90 Å². The minimum atomic E-state index is -0.826. The monoisotopic (exact) mass is 447 g/mol. The number of carboxylic acids is 1. The Hall–Kier alpha value is -2.33. The van der Waals surface area contributed by atoms with E-state index in [-0.39, 0.29) is 5.92 Å².